The number of carbonyl (C=O) groups excluding carboxylic acids is 1. The summed E-state index contributed by atoms with van der Waals surface area (Å²) in [7, 11) is 0. The van der Waals surface area contributed by atoms with E-state index in [-0.39, 0.29) is 22.8 Å². The van der Waals surface area contributed by atoms with Crippen LogP contribution in [0.1, 0.15) is 46.6 Å². The largest absolute Gasteiger partial charge is 0.333 e. The van der Waals surface area contributed by atoms with Crippen LogP contribution in [0.4, 0.5) is 9.18 Å². The average molecular weight is 292 g/mol. The zero-order valence-corrected chi connectivity index (χ0v) is 13.5. The lowest BCUT2D eigenvalue weighted by Gasteiger charge is -2.33. The van der Waals surface area contributed by atoms with E-state index >= 15 is 0 Å². The summed E-state index contributed by atoms with van der Waals surface area (Å²) in [5.41, 5.74) is 0.535. The van der Waals surface area contributed by atoms with Crippen molar-refractivity contribution in [2.45, 2.75) is 46.6 Å². The van der Waals surface area contributed by atoms with Crippen molar-refractivity contribution in [1.29, 1.82) is 0 Å². The molecule has 3 nitrogen and oxygen atoms in total. The molecule has 0 aliphatic rings. The molecule has 4 heteroatoms. The Bertz CT molecular complexity index is 516. The van der Waals surface area contributed by atoms with E-state index in [0.717, 1.165) is 6.42 Å². The monoisotopic (exact) mass is 292 g/mol. The minimum Gasteiger partial charge on any atom is -0.333 e. The fraction of sp³-hybridized carbons (Fsp3) is 0.471. The molecule has 0 heterocycles. The first-order chi connectivity index (χ1) is 9.57. The van der Waals surface area contributed by atoms with Gasteiger partial charge in [-0.2, -0.15) is 0 Å². The smallest absolute Gasteiger partial charge is 0.319 e. The van der Waals surface area contributed by atoms with Gasteiger partial charge in [-0.1, -0.05) is 32.9 Å². The van der Waals surface area contributed by atoms with E-state index in [1.54, 1.807) is 18.2 Å². The van der Waals surface area contributed by atoms with Gasteiger partial charge in [0.2, 0.25) is 0 Å². The van der Waals surface area contributed by atoms with Crippen LogP contribution in [-0.2, 0) is 0 Å². The molecule has 0 bridgehead atoms. The molecule has 0 saturated carbocycles. The van der Waals surface area contributed by atoms with Crippen molar-refractivity contribution >= 4 is 12.1 Å². The molecule has 116 valence electrons. The molecule has 0 unspecified atom stereocenters. The second kappa shape index (κ2) is 6.74. The van der Waals surface area contributed by atoms with E-state index in [1.165, 1.54) is 18.3 Å². The Morgan fingerprint density at radius 2 is 1.90 bits per heavy atom. The fourth-order valence-corrected chi connectivity index (χ4v) is 2.54. The Hall–Kier alpha value is -1.84. The third kappa shape index (κ3) is 7.49. The molecule has 0 aliphatic carbocycles. The highest BCUT2D eigenvalue weighted by Crippen LogP contribution is 2.26. The second-order valence-corrected chi connectivity index (χ2v) is 7.11. The van der Waals surface area contributed by atoms with Crippen molar-refractivity contribution in [2.75, 3.05) is 0 Å². The zero-order valence-electron chi connectivity index (χ0n) is 13.5. The highest BCUT2D eigenvalue weighted by molar-refractivity contribution is 5.76. The number of rotatable bonds is 4. The SMILES string of the molecule is CC(C)(C)CC(C)(C)NC(=O)N/C=C/c1cccc(F)c1. The number of carbonyl (C=O) groups is 1. The third-order valence-electron chi connectivity index (χ3n) is 2.76. The minimum atomic E-state index is -0.298. The third-order valence-corrected chi connectivity index (χ3v) is 2.76. The standard InChI is InChI=1S/C17H25FN2O/c1-16(2,3)12-17(4,5)20-15(21)19-10-9-13-7-6-8-14(18)11-13/h6-11H,12H2,1-5H3,(H2,19,20,21)/b10-9+. The normalized spacial score (nSPS) is 12.5. The van der Waals surface area contributed by atoms with Crippen LogP contribution in [0.15, 0.2) is 30.5 Å². The van der Waals surface area contributed by atoms with Gasteiger partial charge in [-0.05, 0) is 49.5 Å². The van der Waals surface area contributed by atoms with Crippen molar-refractivity contribution in [3.8, 4) is 0 Å². The first-order valence-electron chi connectivity index (χ1n) is 7.08. The second-order valence-electron chi connectivity index (χ2n) is 7.11. The Morgan fingerprint density at radius 3 is 2.48 bits per heavy atom. The van der Waals surface area contributed by atoms with Crippen LogP contribution in [0.2, 0.25) is 0 Å². The van der Waals surface area contributed by atoms with Crippen LogP contribution < -0.4 is 10.6 Å². The van der Waals surface area contributed by atoms with Gasteiger partial charge < -0.3 is 10.6 Å². The zero-order chi connectivity index (χ0) is 16.1. The maximum atomic E-state index is 13.0. The summed E-state index contributed by atoms with van der Waals surface area (Å²) in [4.78, 5) is 11.9. The molecule has 0 fully saturated rings. The molecular weight excluding hydrogens is 267 g/mol. The quantitative estimate of drug-likeness (QED) is 0.853. The van der Waals surface area contributed by atoms with Crippen molar-refractivity contribution in [2.24, 2.45) is 5.41 Å². The van der Waals surface area contributed by atoms with E-state index in [9.17, 15) is 9.18 Å². The molecule has 0 spiro atoms. The van der Waals surface area contributed by atoms with Crippen molar-refractivity contribution in [3.63, 3.8) is 0 Å². The molecule has 2 N–H and O–H groups in total. The van der Waals surface area contributed by atoms with E-state index in [4.69, 9.17) is 0 Å². The Balaban J connectivity index is 2.51. The summed E-state index contributed by atoms with van der Waals surface area (Å²) in [5, 5.41) is 5.57. The van der Waals surface area contributed by atoms with Gasteiger partial charge in [0.05, 0.1) is 0 Å². The van der Waals surface area contributed by atoms with Crippen LogP contribution in [-0.4, -0.2) is 11.6 Å². The summed E-state index contributed by atoms with van der Waals surface area (Å²) in [6.45, 7) is 10.4. The summed E-state index contributed by atoms with van der Waals surface area (Å²) in [6, 6.07) is 5.91. The van der Waals surface area contributed by atoms with Crippen molar-refractivity contribution in [1.82, 2.24) is 10.6 Å². The Labute approximate surface area is 126 Å². The number of amides is 2. The van der Waals surface area contributed by atoms with Crippen molar-refractivity contribution < 1.29 is 9.18 Å². The summed E-state index contributed by atoms with van der Waals surface area (Å²) >= 11 is 0. The summed E-state index contributed by atoms with van der Waals surface area (Å²) in [6.07, 6.45) is 4.03. The van der Waals surface area contributed by atoms with Crippen LogP contribution in [0.25, 0.3) is 6.08 Å². The molecule has 0 aromatic heterocycles. The predicted molar refractivity (Wildman–Crippen MR) is 85.3 cm³/mol. The number of hydrogen-bond acceptors (Lipinski definition) is 1. The van der Waals surface area contributed by atoms with Crippen LogP contribution in [0.3, 0.4) is 0 Å². The van der Waals surface area contributed by atoms with E-state index < -0.39 is 0 Å². The Kier molecular flexibility index (Phi) is 5.53. The maximum absolute atomic E-state index is 13.0. The van der Waals surface area contributed by atoms with Crippen molar-refractivity contribution in [3.05, 3.63) is 41.8 Å². The van der Waals surface area contributed by atoms with Gasteiger partial charge in [0.25, 0.3) is 0 Å². The molecular formula is C17H25FN2O. The topological polar surface area (TPSA) is 41.1 Å². The molecule has 0 atom stereocenters. The number of urea groups is 1. The molecule has 2 amide bonds. The van der Waals surface area contributed by atoms with E-state index in [1.807, 2.05) is 13.8 Å². The number of nitrogens with one attached hydrogen (secondary N) is 2. The fourth-order valence-electron chi connectivity index (χ4n) is 2.54. The maximum Gasteiger partial charge on any atom is 0.319 e. The Morgan fingerprint density at radius 1 is 1.24 bits per heavy atom. The molecule has 0 saturated heterocycles. The highest BCUT2D eigenvalue weighted by atomic mass is 19.1. The van der Waals surface area contributed by atoms with E-state index in [2.05, 4.69) is 31.4 Å². The minimum absolute atomic E-state index is 0.133. The highest BCUT2D eigenvalue weighted by Gasteiger charge is 2.26. The van der Waals surface area contributed by atoms with Gasteiger partial charge in [0, 0.05) is 11.7 Å². The number of halogens is 1. The van der Waals surface area contributed by atoms with E-state index in [0.29, 0.717) is 5.56 Å². The summed E-state index contributed by atoms with van der Waals surface area (Å²) < 4.78 is 13.0. The molecule has 0 radical (unpaired) electrons. The lowest BCUT2D eigenvalue weighted by Crippen LogP contribution is -2.48. The van der Waals surface area contributed by atoms with Gasteiger partial charge in [-0.25, -0.2) is 9.18 Å². The predicted octanol–water partition coefficient (Wildman–Crippen LogP) is 4.31. The van der Waals surface area contributed by atoms with Gasteiger partial charge in [-0.15, -0.1) is 0 Å². The van der Waals surface area contributed by atoms with Gasteiger partial charge in [0.15, 0.2) is 0 Å². The summed E-state index contributed by atoms with van der Waals surface area (Å²) in [5.74, 6) is -0.298. The van der Waals surface area contributed by atoms with Gasteiger partial charge >= 0.3 is 6.03 Å². The lowest BCUT2D eigenvalue weighted by molar-refractivity contribution is 0.213. The van der Waals surface area contributed by atoms with Gasteiger partial charge in [0.1, 0.15) is 5.82 Å². The molecule has 1 rings (SSSR count). The molecule has 21 heavy (non-hydrogen) atoms. The molecule has 1 aromatic rings. The molecule has 0 aliphatic heterocycles. The number of hydrogen-bond donors (Lipinski definition) is 2. The average Bonchev–Trinajstić information content (AvgIpc) is 2.24. The molecule has 1 aromatic carbocycles. The van der Waals surface area contributed by atoms with Gasteiger partial charge in [-0.3, -0.25) is 0 Å². The van der Waals surface area contributed by atoms with Crippen LogP contribution in [0.5, 0.6) is 0 Å². The number of benzene rings is 1. The lowest BCUT2D eigenvalue weighted by atomic mass is 9.82. The first-order valence-corrected chi connectivity index (χ1v) is 7.08. The first kappa shape index (κ1) is 17.2. The van der Waals surface area contributed by atoms with Crippen LogP contribution >= 0.6 is 0 Å². The van der Waals surface area contributed by atoms with Crippen LogP contribution in [0, 0.1) is 11.2 Å².